The van der Waals surface area contributed by atoms with Gasteiger partial charge in [-0.3, -0.25) is 0 Å². The summed E-state index contributed by atoms with van der Waals surface area (Å²) in [6.07, 6.45) is 0.341. The fourth-order valence-electron chi connectivity index (χ4n) is 4.16. The molecule has 0 radical (unpaired) electrons. The number of nitrogens with zero attached hydrogens (tertiary/aromatic N) is 1. The molecular formula is C27H28N2O5. The number of carboxylic acid groups (broad SMARTS) is 1. The molecule has 0 saturated heterocycles. The quantitative estimate of drug-likeness (QED) is 0.315. The first-order valence-corrected chi connectivity index (χ1v) is 11.1. The topological polar surface area (TPSA) is 93.0 Å². The average molecular weight is 461 g/mol. The molecule has 3 N–H and O–H groups in total. The van der Waals surface area contributed by atoms with Crippen molar-refractivity contribution in [3.63, 3.8) is 0 Å². The molecule has 0 bridgehead atoms. The zero-order valence-electron chi connectivity index (χ0n) is 18.9. The molecule has 176 valence electrons. The Morgan fingerprint density at radius 3 is 2.56 bits per heavy atom. The Morgan fingerprint density at radius 2 is 1.79 bits per heavy atom. The number of nitrogens with one attached hydrogen (secondary N) is 1. The molecule has 3 aromatic carbocycles. The second-order valence-electron chi connectivity index (χ2n) is 7.99. The number of fused-ring (bicyclic) bond motifs is 1. The predicted octanol–water partition coefficient (Wildman–Crippen LogP) is 4.84. The number of methoxy groups -OCH3 is 1. The molecular weight excluding hydrogens is 432 g/mol. The van der Waals surface area contributed by atoms with Gasteiger partial charge in [0.15, 0.2) is 0 Å². The van der Waals surface area contributed by atoms with Gasteiger partial charge in [-0.1, -0.05) is 48.5 Å². The third-order valence-corrected chi connectivity index (χ3v) is 5.80. The van der Waals surface area contributed by atoms with Crippen LogP contribution < -0.4 is 14.8 Å². The van der Waals surface area contributed by atoms with E-state index >= 15 is 0 Å². The Labute approximate surface area is 198 Å². The van der Waals surface area contributed by atoms with Gasteiger partial charge in [-0.25, -0.2) is 4.79 Å². The summed E-state index contributed by atoms with van der Waals surface area (Å²) in [5.74, 6) is 1.52. The van der Waals surface area contributed by atoms with Gasteiger partial charge in [-0.05, 0) is 42.3 Å². The van der Waals surface area contributed by atoms with Crippen molar-refractivity contribution in [1.82, 2.24) is 9.88 Å². The minimum atomic E-state index is -1.10. The second kappa shape index (κ2) is 10.8. The molecule has 0 aliphatic heterocycles. The number of benzene rings is 3. The molecule has 0 spiro atoms. The van der Waals surface area contributed by atoms with Crippen molar-refractivity contribution in [2.45, 2.75) is 25.2 Å². The van der Waals surface area contributed by atoms with E-state index in [0.29, 0.717) is 6.61 Å². The number of aromatic nitrogens is 1. The largest absolute Gasteiger partial charge is 0.496 e. The molecule has 7 nitrogen and oxygen atoms in total. The molecule has 4 aromatic rings. The number of para-hydroxylation sites is 1. The third kappa shape index (κ3) is 5.32. The second-order valence-corrected chi connectivity index (χ2v) is 7.99. The van der Waals surface area contributed by atoms with E-state index in [-0.39, 0.29) is 19.0 Å². The van der Waals surface area contributed by atoms with E-state index in [9.17, 15) is 9.90 Å². The fourth-order valence-corrected chi connectivity index (χ4v) is 4.16. The summed E-state index contributed by atoms with van der Waals surface area (Å²) in [6, 6.07) is 25.0. The number of rotatable bonds is 10. The van der Waals surface area contributed by atoms with Crippen LogP contribution in [0.25, 0.3) is 10.9 Å². The van der Waals surface area contributed by atoms with Crippen LogP contribution >= 0.6 is 0 Å². The number of hydrogen-bond donors (Lipinski definition) is 3. The van der Waals surface area contributed by atoms with Crippen molar-refractivity contribution < 1.29 is 24.5 Å². The minimum absolute atomic E-state index is 0.167. The summed E-state index contributed by atoms with van der Waals surface area (Å²) in [7, 11) is 1.64. The number of aliphatic hydroxyl groups excluding tert-OH is 1. The standard InChI is InChI=1S/C27H28N2O5/c1-33-25-10-6-5-9-21(25)18-34-22-11-12-23-20(17-22)14-16-29(23)26(19-7-3-2-4-8-19)24(30)13-15-28-27(31)32/h2-12,14,16-17,24,26,28,30H,13,15,18H2,1H3,(H,31,32)/t24-,26+/m1/s1. The fraction of sp³-hybridized carbons (Fsp3) is 0.222. The Hall–Kier alpha value is -3.97. The van der Waals surface area contributed by atoms with Crippen molar-refractivity contribution >= 4 is 17.0 Å². The average Bonchev–Trinajstić information content (AvgIpc) is 3.26. The van der Waals surface area contributed by atoms with Crippen LogP contribution in [0.4, 0.5) is 4.79 Å². The van der Waals surface area contributed by atoms with Gasteiger partial charge in [0.25, 0.3) is 0 Å². The number of carbonyl (C=O) groups is 1. The van der Waals surface area contributed by atoms with Crippen LogP contribution in [0.5, 0.6) is 11.5 Å². The lowest BCUT2D eigenvalue weighted by atomic mass is 9.98. The van der Waals surface area contributed by atoms with E-state index in [1.165, 1.54) is 0 Å². The lowest BCUT2D eigenvalue weighted by Crippen LogP contribution is -2.30. The summed E-state index contributed by atoms with van der Waals surface area (Å²) in [5, 5.41) is 23.2. The summed E-state index contributed by atoms with van der Waals surface area (Å²) in [4.78, 5) is 10.8. The summed E-state index contributed by atoms with van der Waals surface area (Å²) < 4.78 is 13.4. The van der Waals surface area contributed by atoms with Gasteiger partial charge in [0.2, 0.25) is 0 Å². The number of amides is 1. The van der Waals surface area contributed by atoms with Gasteiger partial charge in [-0.15, -0.1) is 0 Å². The molecule has 0 aliphatic carbocycles. The normalized spacial score (nSPS) is 12.8. The Bertz CT molecular complexity index is 1240. The van der Waals surface area contributed by atoms with E-state index in [0.717, 1.165) is 33.5 Å². The van der Waals surface area contributed by atoms with Crippen molar-refractivity contribution in [3.8, 4) is 11.5 Å². The number of ether oxygens (including phenoxy) is 2. The third-order valence-electron chi connectivity index (χ3n) is 5.80. The zero-order chi connectivity index (χ0) is 23.9. The lowest BCUT2D eigenvalue weighted by molar-refractivity contribution is 0.121. The van der Waals surface area contributed by atoms with E-state index < -0.39 is 12.2 Å². The van der Waals surface area contributed by atoms with Gasteiger partial charge in [0.05, 0.1) is 19.3 Å². The first-order valence-electron chi connectivity index (χ1n) is 11.1. The highest BCUT2D eigenvalue weighted by Gasteiger charge is 2.24. The van der Waals surface area contributed by atoms with Gasteiger partial charge in [0.1, 0.15) is 18.1 Å². The highest BCUT2D eigenvalue weighted by atomic mass is 16.5. The maximum absolute atomic E-state index is 11.0. The zero-order valence-corrected chi connectivity index (χ0v) is 18.9. The highest BCUT2D eigenvalue weighted by Crippen LogP contribution is 2.31. The first-order chi connectivity index (χ1) is 16.6. The first kappa shape index (κ1) is 23.2. The molecule has 1 heterocycles. The van der Waals surface area contributed by atoms with Crippen LogP contribution in [0.15, 0.2) is 85.1 Å². The van der Waals surface area contributed by atoms with Crippen LogP contribution in [-0.2, 0) is 6.61 Å². The Balaban J connectivity index is 1.58. The highest BCUT2D eigenvalue weighted by molar-refractivity contribution is 5.82. The van der Waals surface area contributed by atoms with Crippen molar-refractivity contribution in [3.05, 3.63) is 96.2 Å². The number of hydrogen-bond acceptors (Lipinski definition) is 4. The summed E-state index contributed by atoms with van der Waals surface area (Å²) in [6.45, 7) is 0.554. The van der Waals surface area contributed by atoms with Crippen LogP contribution in [0.2, 0.25) is 0 Å². The van der Waals surface area contributed by atoms with E-state index in [1.807, 2.05) is 89.6 Å². The molecule has 34 heavy (non-hydrogen) atoms. The molecule has 1 amide bonds. The molecule has 0 saturated carbocycles. The van der Waals surface area contributed by atoms with Gasteiger partial charge in [0, 0.05) is 29.2 Å². The lowest BCUT2D eigenvalue weighted by Gasteiger charge is -2.26. The van der Waals surface area contributed by atoms with Crippen molar-refractivity contribution in [2.75, 3.05) is 13.7 Å². The Morgan fingerprint density at radius 1 is 1.03 bits per heavy atom. The Kier molecular flexibility index (Phi) is 7.34. The minimum Gasteiger partial charge on any atom is -0.496 e. The van der Waals surface area contributed by atoms with Crippen LogP contribution in [-0.4, -0.2) is 40.6 Å². The molecule has 0 unspecified atom stereocenters. The van der Waals surface area contributed by atoms with Crippen molar-refractivity contribution in [1.29, 1.82) is 0 Å². The summed E-state index contributed by atoms with van der Waals surface area (Å²) in [5.41, 5.74) is 2.85. The molecule has 0 aliphatic rings. The van der Waals surface area contributed by atoms with Gasteiger partial charge < -0.3 is 29.6 Å². The van der Waals surface area contributed by atoms with Crippen LogP contribution in [0.1, 0.15) is 23.6 Å². The predicted molar refractivity (Wildman–Crippen MR) is 130 cm³/mol. The monoisotopic (exact) mass is 460 g/mol. The van der Waals surface area contributed by atoms with Crippen LogP contribution in [0, 0.1) is 0 Å². The van der Waals surface area contributed by atoms with Crippen molar-refractivity contribution in [2.24, 2.45) is 0 Å². The van der Waals surface area contributed by atoms with Gasteiger partial charge in [-0.2, -0.15) is 0 Å². The van der Waals surface area contributed by atoms with Crippen LogP contribution in [0.3, 0.4) is 0 Å². The molecule has 2 atom stereocenters. The molecule has 4 rings (SSSR count). The smallest absolute Gasteiger partial charge is 0.404 e. The van der Waals surface area contributed by atoms with Gasteiger partial charge >= 0.3 is 6.09 Å². The number of aliphatic hydroxyl groups is 1. The van der Waals surface area contributed by atoms with E-state index in [2.05, 4.69) is 5.32 Å². The molecule has 7 heteroatoms. The molecule has 1 aromatic heterocycles. The SMILES string of the molecule is COc1ccccc1COc1ccc2c(ccn2[C@@H](c2ccccc2)[C@H](O)CCNC(=O)O)c1. The summed E-state index contributed by atoms with van der Waals surface area (Å²) >= 11 is 0. The molecule has 0 fully saturated rings. The van der Waals surface area contributed by atoms with E-state index in [1.54, 1.807) is 7.11 Å². The van der Waals surface area contributed by atoms with E-state index in [4.69, 9.17) is 14.6 Å². The maximum atomic E-state index is 11.0. The maximum Gasteiger partial charge on any atom is 0.404 e.